The zero-order valence-corrected chi connectivity index (χ0v) is 20.6. The van der Waals surface area contributed by atoms with Crippen molar-refractivity contribution in [1.29, 1.82) is 0 Å². The van der Waals surface area contributed by atoms with Gasteiger partial charge < -0.3 is 18.9 Å². The van der Waals surface area contributed by atoms with Crippen LogP contribution in [0.1, 0.15) is 19.7 Å². The largest absolute Gasteiger partial charge is 0.494 e. The van der Waals surface area contributed by atoms with Gasteiger partial charge in [-0.1, -0.05) is 5.16 Å². The molecule has 0 aliphatic rings. The Labute approximate surface area is 199 Å². The number of hydrogen-bond acceptors (Lipinski definition) is 8. The second-order valence-electron chi connectivity index (χ2n) is 7.65. The average molecular weight is 489 g/mol. The van der Waals surface area contributed by atoms with E-state index in [1.54, 1.807) is 38.2 Å². The third kappa shape index (κ3) is 6.25. The standard InChI is InChI=1S/C23H28N4O6S/c1-6-31-19-11-7-17(8-12-19)22-24-21(33-25-22)15-26(3)23(28)16(2)32-20-13-9-18(10-14-20)27(4)34(5,29)30/h7-14,16H,6,15H2,1-5H3. The molecule has 34 heavy (non-hydrogen) atoms. The first kappa shape index (κ1) is 25.0. The molecule has 1 aromatic heterocycles. The van der Waals surface area contributed by atoms with E-state index >= 15 is 0 Å². The topological polar surface area (TPSA) is 115 Å². The van der Waals surface area contributed by atoms with Crippen molar-refractivity contribution in [3.8, 4) is 22.9 Å². The van der Waals surface area contributed by atoms with Crippen LogP contribution in [0.25, 0.3) is 11.4 Å². The molecule has 0 fully saturated rings. The van der Waals surface area contributed by atoms with Gasteiger partial charge in [0.15, 0.2) is 6.10 Å². The van der Waals surface area contributed by atoms with Gasteiger partial charge in [0.2, 0.25) is 21.7 Å². The molecule has 0 aliphatic carbocycles. The second-order valence-corrected chi connectivity index (χ2v) is 9.66. The van der Waals surface area contributed by atoms with Crippen LogP contribution in [0, 0.1) is 0 Å². The lowest BCUT2D eigenvalue weighted by atomic mass is 10.2. The van der Waals surface area contributed by atoms with Gasteiger partial charge in [-0.25, -0.2) is 8.42 Å². The number of aromatic nitrogens is 2. The highest BCUT2D eigenvalue weighted by Gasteiger charge is 2.22. The maximum absolute atomic E-state index is 12.7. The maximum Gasteiger partial charge on any atom is 0.263 e. The molecule has 0 radical (unpaired) electrons. The van der Waals surface area contributed by atoms with E-state index in [1.807, 2.05) is 31.2 Å². The summed E-state index contributed by atoms with van der Waals surface area (Å²) < 4.78 is 40.9. The summed E-state index contributed by atoms with van der Waals surface area (Å²) in [6.07, 6.45) is 0.343. The van der Waals surface area contributed by atoms with E-state index in [9.17, 15) is 13.2 Å². The Morgan fingerprint density at radius 2 is 1.68 bits per heavy atom. The molecule has 0 saturated heterocycles. The first-order valence-electron chi connectivity index (χ1n) is 10.6. The summed E-state index contributed by atoms with van der Waals surface area (Å²) in [5.74, 6) is 1.63. The Morgan fingerprint density at radius 1 is 1.06 bits per heavy atom. The number of hydrogen-bond donors (Lipinski definition) is 0. The van der Waals surface area contributed by atoms with Gasteiger partial charge in [-0.3, -0.25) is 9.10 Å². The van der Waals surface area contributed by atoms with Crippen LogP contribution in [0.3, 0.4) is 0 Å². The van der Waals surface area contributed by atoms with Crippen molar-refractivity contribution in [2.45, 2.75) is 26.5 Å². The van der Waals surface area contributed by atoms with Crippen LogP contribution in [0.15, 0.2) is 53.1 Å². The SMILES string of the molecule is CCOc1ccc(-c2noc(CN(C)C(=O)C(C)Oc3ccc(N(C)S(C)(=O)=O)cc3)n2)cc1. The fourth-order valence-electron chi connectivity index (χ4n) is 3.08. The van der Waals surface area contributed by atoms with E-state index in [1.165, 1.54) is 11.9 Å². The van der Waals surface area contributed by atoms with E-state index in [0.29, 0.717) is 29.8 Å². The van der Waals surface area contributed by atoms with Crippen LogP contribution >= 0.6 is 0 Å². The number of ether oxygens (including phenoxy) is 2. The van der Waals surface area contributed by atoms with E-state index in [0.717, 1.165) is 21.9 Å². The lowest BCUT2D eigenvalue weighted by Crippen LogP contribution is -2.37. The number of carbonyl (C=O) groups is 1. The monoisotopic (exact) mass is 488 g/mol. The number of rotatable bonds is 10. The molecular formula is C23H28N4O6S. The quantitative estimate of drug-likeness (QED) is 0.428. The molecule has 1 heterocycles. The smallest absolute Gasteiger partial charge is 0.263 e. The van der Waals surface area contributed by atoms with Crippen LogP contribution in [-0.2, 0) is 21.4 Å². The number of anilines is 1. The molecule has 1 atom stereocenters. The number of likely N-dealkylation sites (N-methyl/N-ethyl adjacent to an activating group) is 1. The van der Waals surface area contributed by atoms with Gasteiger partial charge in [-0.2, -0.15) is 4.98 Å². The minimum atomic E-state index is -3.36. The summed E-state index contributed by atoms with van der Waals surface area (Å²) >= 11 is 0. The first-order chi connectivity index (χ1) is 16.1. The van der Waals surface area contributed by atoms with Crippen molar-refractivity contribution >= 4 is 21.6 Å². The van der Waals surface area contributed by atoms with Crippen molar-refractivity contribution in [3.05, 3.63) is 54.4 Å². The zero-order valence-electron chi connectivity index (χ0n) is 19.8. The predicted molar refractivity (Wildman–Crippen MR) is 127 cm³/mol. The normalized spacial score (nSPS) is 12.1. The molecule has 11 heteroatoms. The molecule has 0 spiro atoms. The highest BCUT2D eigenvalue weighted by Crippen LogP contribution is 2.22. The van der Waals surface area contributed by atoms with Gasteiger partial charge in [0, 0.05) is 19.7 Å². The Kier molecular flexibility index (Phi) is 7.77. The number of sulfonamides is 1. The molecule has 2 aromatic carbocycles. The van der Waals surface area contributed by atoms with Crippen molar-refractivity contribution in [2.75, 3.05) is 31.3 Å². The summed E-state index contributed by atoms with van der Waals surface area (Å²) in [4.78, 5) is 18.5. The Balaban J connectivity index is 1.58. The highest BCUT2D eigenvalue weighted by molar-refractivity contribution is 7.92. The molecule has 182 valence electrons. The molecule has 0 aliphatic heterocycles. The Morgan fingerprint density at radius 3 is 2.26 bits per heavy atom. The zero-order chi connectivity index (χ0) is 24.9. The van der Waals surface area contributed by atoms with E-state index < -0.39 is 16.1 Å². The van der Waals surface area contributed by atoms with Crippen LogP contribution in [0.5, 0.6) is 11.5 Å². The van der Waals surface area contributed by atoms with Gasteiger partial charge in [-0.05, 0) is 62.4 Å². The van der Waals surface area contributed by atoms with E-state index in [-0.39, 0.29) is 12.5 Å². The minimum Gasteiger partial charge on any atom is -0.494 e. The first-order valence-corrected chi connectivity index (χ1v) is 12.4. The predicted octanol–water partition coefficient (Wildman–Crippen LogP) is 2.96. The molecule has 3 rings (SSSR count). The summed E-state index contributed by atoms with van der Waals surface area (Å²) in [6, 6.07) is 13.8. The van der Waals surface area contributed by atoms with Crippen LogP contribution in [0.4, 0.5) is 5.69 Å². The molecule has 0 saturated carbocycles. The van der Waals surface area contributed by atoms with Gasteiger partial charge in [-0.15, -0.1) is 0 Å². The minimum absolute atomic E-state index is 0.120. The molecule has 1 amide bonds. The summed E-state index contributed by atoms with van der Waals surface area (Å²) in [5.41, 5.74) is 1.26. The van der Waals surface area contributed by atoms with Crippen LogP contribution in [0.2, 0.25) is 0 Å². The maximum atomic E-state index is 12.7. The molecule has 0 N–H and O–H groups in total. The summed E-state index contributed by atoms with van der Waals surface area (Å²) in [6.45, 7) is 4.25. The third-order valence-corrected chi connectivity index (χ3v) is 6.20. The van der Waals surface area contributed by atoms with Gasteiger partial charge in [0.1, 0.15) is 11.5 Å². The summed E-state index contributed by atoms with van der Waals surface area (Å²) in [5, 5.41) is 3.98. The van der Waals surface area contributed by atoms with E-state index in [4.69, 9.17) is 14.0 Å². The van der Waals surface area contributed by atoms with Crippen molar-refractivity contribution < 1.29 is 27.2 Å². The summed E-state index contributed by atoms with van der Waals surface area (Å²) in [7, 11) is -0.279. The highest BCUT2D eigenvalue weighted by atomic mass is 32.2. The number of amides is 1. The number of carbonyl (C=O) groups excluding carboxylic acids is 1. The van der Waals surface area contributed by atoms with Crippen molar-refractivity contribution in [1.82, 2.24) is 15.0 Å². The fraction of sp³-hybridized carbons (Fsp3) is 0.348. The molecular weight excluding hydrogens is 460 g/mol. The number of nitrogens with zero attached hydrogens (tertiary/aromatic N) is 4. The van der Waals surface area contributed by atoms with E-state index in [2.05, 4.69) is 10.1 Å². The Bertz CT molecular complexity index is 1210. The number of benzene rings is 2. The van der Waals surface area contributed by atoms with Crippen molar-refractivity contribution in [3.63, 3.8) is 0 Å². The van der Waals surface area contributed by atoms with Gasteiger partial charge >= 0.3 is 0 Å². The third-order valence-electron chi connectivity index (χ3n) is 5.00. The molecule has 3 aromatic rings. The molecule has 1 unspecified atom stereocenters. The van der Waals surface area contributed by atoms with Crippen molar-refractivity contribution in [2.24, 2.45) is 0 Å². The molecule has 10 nitrogen and oxygen atoms in total. The average Bonchev–Trinajstić information content (AvgIpc) is 3.27. The second kappa shape index (κ2) is 10.6. The van der Waals surface area contributed by atoms with Crippen LogP contribution in [-0.4, -0.2) is 62.4 Å². The Hall–Kier alpha value is -3.60. The van der Waals surface area contributed by atoms with Gasteiger partial charge in [0.25, 0.3) is 5.91 Å². The van der Waals surface area contributed by atoms with Crippen LogP contribution < -0.4 is 13.8 Å². The lowest BCUT2D eigenvalue weighted by molar-refractivity contribution is -0.137. The molecule has 0 bridgehead atoms. The van der Waals surface area contributed by atoms with Gasteiger partial charge in [0.05, 0.1) is 25.1 Å². The lowest BCUT2D eigenvalue weighted by Gasteiger charge is -2.21. The fourth-order valence-corrected chi connectivity index (χ4v) is 3.58.